The minimum atomic E-state index is -1.00. The number of anilines is 3. The smallest absolute Gasteiger partial charge is 0.337 e. The molecule has 0 heterocycles. The van der Waals surface area contributed by atoms with Gasteiger partial charge in [0.2, 0.25) is 0 Å². The SMILES string of the molecule is Cc1cc(C)cc(Nc2c(N)cccc2C(=O)O)c1. The third-order valence-corrected chi connectivity index (χ3v) is 2.82. The third-order valence-electron chi connectivity index (χ3n) is 2.82. The van der Waals surface area contributed by atoms with E-state index in [1.807, 2.05) is 26.0 Å². The number of hydrogen-bond acceptors (Lipinski definition) is 3. The number of carboxylic acids is 1. The number of nitrogens with one attached hydrogen (secondary N) is 1. The molecular formula is C15H16N2O2. The Morgan fingerprint density at radius 3 is 2.37 bits per heavy atom. The summed E-state index contributed by atoms with van der Waals surface area (Å²) >= 11 is 0. The van der Waals surface area contributed by atoms with E-state index in [4.69, 9.17) is 5.73 Å². The Balaban J connectivity index is 2.45. The van der Waals surface area contributed by atoms with Crippen molar-refractivity contribution in [3.63, 3.8) is 0 Å². The van der Waals surface area contributed by atoms with Gasteiger partial charge in [-0.1, -0.05) is 12.1 Å². The van der Waals surface area contributed by atoms with E-state index in [1.54, 1.807) is 12.1 Å². The van der Waals surface area contributed by atoms with Gasteiger partial charge in [-0.15, -0.1) is 0 Å². The Kier molecular flexibility index (Phi) is 3.42. The molecule has 0 atom stereocenters. The fraction of sp³-hybridized carbons (Fsp3) is 0.133. The summed E-state index contributed by atoms with van der Waals surface area (Å²) in [7, 11) is 0. The summed E-state index contributed by atoms with van der Waals surface area (Å²) in [6, 6.07) is 10.8. The predicted octanol–water partition coefficient (Wildman–Crippen LogP) is 3.33. The molecule has 98 valence electrons. The maximum absolute atomic E-state index is 11.2. The number of benzene rings is 2. The minimum Gasteiger partial charge on any atom is -0.478 e. The van der Waals surface area contributed by atoms with Gasteiger partial charge in [-0.25, -0.2) is 4.79 Å². The Morgan fingerprint density at radius 2 is 1.79 bits per heavy atom. The molecule has 2 aromatic carbocycles. The Bertz CT molecular complexity index is 616. The molecule has 2 aromatic rings. The van der Waals surface area contributed by atoms with Gasteiger partial charge >= 0.3 is 5.97 Å². The van der Waals surface area contributed by atoms with Crippen LogP contribution in [-0.4, -0.2) is 11.1 Å². The van der Waals surface area contributed by atoms with Gasteiger partial charge in [0, 0.05) is 5.69 Å². The second kappa shape index (κ2) is 5.02. The lowest BCUT2D eigenvalue weighted by molar-refractivity contribution is 0.0698. The molecule has 2 rings (SSSR count). The van der Waals surface area contributed by atoms with E-state index in [0.29, 0.717) is 11.4 Å². The van der Waals surface area contributed by atoms with Crippen LogP contribution < -0.4 is 11.1 Å². The highest BCUT2D eigenvalue weighted by Gasteiger charge is 2.12. The van der Waals surface area contributed by atoms with Crippen LogP contribution in [-0.2, 0) is 0 Å². The standard InChI is InChI=1S/C15H16N2O2/c1-9-6-10(2)8-11(7-9)17-14-12(15(18)19)4-3-5-13(14)16/h3-8,17H,16H2,1-2H3,(H,18,19). The van der Waals surface area contributed by atoms with E-state index in [0.717, 1.165) is 16.8 Å². The Labute approximate surface area is 111 Å². The topological polar surface area (TPSA) is 75.3 Å². The van der Waals surface area contributed by atoms with Crippen molar-refractivity contribution in [3.8, 4) is 0 Å². The fourth-order valence-corrected chi connectivity index (χ4v) is 2.08. The van der Waals surface area contributed by atoms with Gasteiger partial charge < -0.3 is 16.2 Å². The maximum atomic E-state index is 11.2. The number of carboxylic acid groups (broad SMARTS) is 1. The average Bonchev–Trinajstić information content (AvgIpc) is 2.30. The number of aromatic carboxylic acids is 1. The van der Waals surface area contributed by atoms with Gasteiger partial charge in [0.15, 0.2) is 0 Å². The number of nitrogen functional groups attached to an aromatic ring is 1. The number of aryl methyl sites for hydroxylation is 2. The summed E-state index contributed by atoms with van der Waals surface area (Å²) in [4.78, 5) is 11.2. The highest BCUT2D eigenvalue weighted by Crippen LogP contribution is 2.28. The number of para-hydroxylation sites is 1. The zero-order valence-electron chi connectivity index (χ0n) is 10.9. The van der Waals surface area contributed by atoms with Crippen LogP contribution in [0.4, 0.5) is 17.1 Å². The second-order valence-electron chi connectivity index (χ2n) is 4.58. The molecule has 0 aliphatic carbocycles. The lowest BCUT2D eigenvalue weighted by Gasteiger charge is -2.13. The molecule has 4 nitrogen and oxygen atoms in total. The lowest BCUT2D eigenvalue weighted by atomic mass is 10.1. The van der Waals surface area contributed by atoms with E-state index in [2.05, 4.69) is 11.4 Å². The Hall–Kier alpha value is -2.49. The third kappa shape index (κ3) is 2.85. The number of nitrogens with two attached hydrogens (primary N) is 1. The number of carbonyl (C=O) groups is 1. The molecule has 0 aliphatic rings. The highest BCUT2D eigenvalue weighted by molar-refractivity contribution is 5.98. The van der Waals surface area contributed by atoms with E-state index >= 15 is 0 Å². The van der Waals surface area contributed by atoms with Gasteiger partial charge in [-0.2, -0.15) is 0 Å². The van der Waals surface area contributed by atoms with Crippen LogP contribution >= 0.6 is 0 Å². The Morgan fingerprint density at radius 1 is 1.16 bits per heavy atom. The molecule has 0 unspecified atom stereocenters. The van der Waals surface area contributed by atoms with Crippen LogP contribution in [0.2, 0.25) is 0 Å². The van der Waals surface area contributed by atoms with Crippen molar-refractivity contribution in [2.45, 2.75) is 13.8 Å². The molecule has 4 N–H and O–H groups in total. The van der Waals surface area contributed by atoms with Gasteiger partial charge in [0.05, 0.1) is 16.9 Å². The van der Waals surface area contributed by atoms with Gasteiger partial charge in [0.1, 0.15) is 0 Å². The monoisotopic (exact) mass is 256 g/mol. The second-order valence-corrected chi connectivity index (χ2v) is 4.58. The molecule has 0 spiro atoms. The first-order valence-corrected chi connectivity index (χ1v) is 5.94. The lowest BCUT2D eigenvalue weighted by Crippen LogP contribution is -2.05. The first kappa shape index (κ1) is 13.0. The molecular weight excluding hydrogens is 240 g/mol. The first-order valence-electron chi connectivity index (χ1n) is 5.94. The van der Waals surface area contributed by atoms with E-state index in [9.17, 15) is 9.90 Å². The highest BCUT2D eigenvalue weighted by atomic mass is 16.4. The zero-order valence-corrected chi connectivity index (χ0v) is 10.9. The summed E-state index contributed by atoms with van der Waals surface area (Å²) in [6.07, 6.45) is 0. The van der Waals surface area contributed by atoms with Gasteiger partial charge in [-0.3, -0.25) is 0 Å². The minimum absolute atomic E-state index is 0.166. The van der Waals surface area contributed by atoms with E-state index < -0.39 is 5.97 Å². The van der Waals surface area contributed by atoms with Crippen molar-refractivity contribution < 1.29 is 9.90 Å². The maximum Gasteiger partial charge on any atom is 0.337 e. The summed E-state index contributed by atoms with van der Waals surface area (Å²) < 4.78 is 0. The largest absolute Gasteiger partial charge is 0.478 e. The predicted molar refractivity (Wildman–Crippen MR) is 77.0 cm³/mol. The molecule has 0 fully saturated rings. The molecule has 0 saturated carbocycles. The summed E-state index contributed by atoms with van der Waals surface area (Å²) in [5, 5.41) is 12.3. The van der Waals surface area contributed by atoms with E-state index in [-0.39, 0.29) is 5.56 Å². The summed E-state index contributed by atoms with van der Waals surface area (Å²) in [5.41, 5.74) is 9.91. The molecule has 0 saturated heterocycles. The fourth-order valence-electron chi connectivity index (χ4n) is 2.08. The van der Waals surface area contributed by atoms with Crippen LogP contribution in [0.1, 0.15) is 21.5 Å². The normalized spacial score (nSPS) is 10.2. The molecule has 19 heavy (non-hydrogen) atoms. The van der Waals surface area contributed by atoms with Crippen molar-refractivity contribution in [1.29, 1.82) is 0 Å². The summed E-state index contributed by atoms with van der Waals surface area (Å²) in [5.74, 6) is -1.00. The summed E-state index contributed by atoms with van der Waals surface area (Å²) in [6.45, 7) is 3.98. The molecule has 0 amide bonds. The quantitative estimate of drug-likeness (QED) is 0.736. The van der Waals surface area contributed by atoms with Crippen molar-refractivity contribution in [1.82, 2.24) is 0 Å². The molecule has 0 aromatic heterocycles. The van der Waals surface area contributed by atoms with Gasteiger partial charge in [0.25, 0.3) is 0 Å². The molecule has 0 aliphatic heterocycles. The van der Waals surface area contributed by atoms with Crippen LogP contribution in [0.15, 0.2) is 36.4 Å². The first-order chi connectivity index (χ1) is 8.97. The van der Waals surface area contributed by atoms with Gasteiger partial charge in [-0.05, 0) is 49.2 Å². The molecule has 0 radical (unpaired) electrons. The van der Waals surface area contributed by atoms with Crippen molar-refractivity contribution >= 4 is 23.0 Å². The number of rotatable bonds is 3. The van der Waals surface area contributed by atoms with Crippen molar-refractivity contribution in [2.24, 2.45) is 0 Å². The van der Waals surface area contributed by atoms with E-state index in [1.165, 1.54) is 6.07 Å². The molecule has 0 bridgehead atoms. The van der Waals surface area contributed by atoms with Crippen molar-refractivity contribution in [2.75, 3.05) is 11.1 Å². The number of hydrogen-bond donors (Lipinski definition) is 3. The van der Waals surface area contributed by atoms with Crippen LogP contribution in [0, 0.1) is 13.8 Å². The average molecular weight is 256 g/mol. The van der Waals surface area contributed by atoms with Crippen LogP contribution in [0.25, 0.3) is 0 Å². The van der Waals surface area contributed by atoms with Crippen molar-refractivity contribution in [3.05, 3.63) is 53.1 Å². The van der Waals surface area contributed by atoms with Crippen LogP contribution in [0.3, 0.4) is 0 Å². The van der Waals surface area contributed by atoms with Crippen LogP contribution in [0.5, 0.6) is 0 Å². The zero-order chi connectivity index (χ0) is 14.0. The molecule has 4 heteroatoms.